The van der Waals surface area contributed by atoms with Crippen LogP contribution in [-0.4, -0.2) is 26.7 Å². The molecule has 0 saturated heterocycles. The summed E-state index contributed by atoms with van der Waals surface area (Å²) in [7, 11) is 0. The van der Waals surface area contributed by atoms with E-state index in [2.05, 4.69) is 29.4 Å². The molecule has 6 heteroatoms. The molecule has 5 nitrogen and oxygen atoms in total. The largest absolute Gasteiger partial charge is 0.352 e. The molecule has 0 aliphatic heterocycles. The lowest BCUT2D eigenvalue weighted by Crippen LogP contribution is -2.38. The SMILES string of the molecule is Cc1ccc(-c2n[nH]c(=S)n2CC(=O)NC(C)C(C)C)cc1. The van der Waals surface area contributed by atoms with E-state index in [1.165, 1.54) is 5.56 Å². The molecular weight excluding hydrogens is 296 g/mol. The van der Waals surface area contributed by atoms with Gasteiger partial charge in [0.25, 0.3) is 0 Å². The van der Waals surface area contributed by atoms with Gasteiger partial charge in [-0.1, -0.05) is 43.7 Å². The number of rotatable bonds is 5. The Morgan fingerprint density at radius 1 is 1.32 bits per heavy atom. The van der Waals surface area contributed by atoms with E-state index in [-0.39, 0.29) is 18.5 Å². The zero-order valence-electron chi connectivity index (χ0n) is 13.4. The number of aryl methyl sites for hydroxylation is 1. The summed E-state index contributed by atoms with van der Waals surface area (Å²) in [4.78, 5) is 12.2. The van der Waals surface area contributed by atoms with Crippen LogP contribution in [-0.2, 0) is 11.3 Å². The van der Waals surface area contributed by atoms with E-state index in [0.717, 1.165) is 5.56 Å². The maximum atomic E-state index is 12.2. The topological polar surface area (TPSA) is 62.7 Å². The minimum atomic E-state index is -0.0629. The summed E-state index contributed by atoms with van der Waals surface area (Å²) in [5.74, 6) is 1.00. The van der Waals surface area contributed by atoms with Crippen molar-refractivity contribution in [1.82, 2.24) is 20.1 Å². The molecule has 118 valence electrons. The lowest BCUT2D eigenvalue weighted by Gasteiger charge is -2.17. The third-order valence-electron chi connectivity index (χ3n) is 3.76. The third-order valence-corrected chi connectivity index (χ3v) is 4.07. The van der Waals surface area contributed by atoms with Gasteiger partial charge in [-0.25, -0.2) is 0 Å². The van der Waals surface area contributed by atoms with Gasteiger partial charge in [0.1, 0.15) is 6.54 Å². The lowest BCUT2D eigenvalue weighted by atomic mass is 10.1. The number of carbonyl (C=O) groups excluding carboxylic acids is 1. The molecule has 22 heavy (non-hydrogen) atoms. The van der Waals surface area contributed by atoms with Gasteiger partial charge in [-0.3, -0.25) is 14.5 Å². The fourth-order valence-electron chi connectivity index (χ4n) is 2.00. The molecule has 1 aromatic heterocycles. The fraction of sp³-hybridized carbons (Fsp3) is 0.438. The Hall–Kier alpha value is -1.95. The van der Waals surface area contributed by atoms with E-state index < -0.39 is 0 Å². The van der Waals surface area contributed by atoms with Crippen LogP contribution in [0.3, 0.4) is 0 Å². The molecule has 1 unspecified atom stereocenters. The highest BCUT2D eigenvalue weighted by Gasteiger charge is 2.15. The molecule has 0 aliphatic carbocycles. The van der Waals surface area contributed by atoms with Crippen LogP contribution < -0.4 is 5.32 Å². The second-order valence-electron chi connectivity index (χ2n) is 5.90. The number of hydrogen-bond donors (Lipinski definition) is 2. The predicted molar refractivity (Wildman–Crippen MR) is 90.0 cm³/mol. The first-order chi connectivity index (χ1) is 10.4. The predicted octanol–water partition coefficient (Wildman–Crippen LogP) is 3.08. The van der Waals surface area contributed by atoms with Gasteiger partial charge in [-0.15, -0.1) is 0 Å². The Morgan fingerprint density at radius 2 is 1.95 bits per heavy atom. The van der Waals surface area contributed by atoms with Gasteiger partial charge >= 0.3 is 0 Å². The number of nitrogens with one attached hydrogen (secondary N) is 2. The Kier molecular flexibility index (Phi) is 5.13. The van der Waals surface area contributed by atoms with Crippen LogP contribution in [0.4, 0.5) is 0 Å². The van der Waals surface area contributed by atoms with Crippen molar-refractivity contribution in [3.8, 4) is 11.4 Å². The molecule has 1 aromatic carbocycles. The van der Waals surface area contributed by atoms with Crippen LogP contribution in [0.25, 0.3) is 11.4 Å². The van der Waals surface area contributed by atoms with Crippen LogP contribution in [0.5, 0.6) is 0 Å². The first kappa shape index (κ1) is 16.4. The van der Waals surface area contributed by atoms with Crippen molar-refractivity contribution in [3.05, 3.63) is 34.6 Å². The third kappa shape index (κ3) is 3.82. The molecule has 2 rings (SSSR count). The summed E-state index contributed by atoms with van der Waals surface area (Å²) in [6.07, 6.45) is 0. The average Bonchev–Trinajstić information content (AvgIpc) is 2.81. The van der Waals surface area contributed by atoms with Crippen LogP contribution in [0, 0.1) is 17.6 Å². The number of hydrogen-bond acceptors (Lipinski definition) is 3. The molecule has 0 spiro atoms. The summed E-state index contributed by atoms with van der Waals surface area (Å²) in [6.45, 7) is 8.34. The van der Waals surface area contributed by atoms with E-state index in [9.17, 15) is 4.79 Å². The zero-order chi connectivity index (χ0) is 16.3. The summed E-state index contributed by atoms with van der Waals surface area (Å²) in [5.41, 5.74) is 2.11. The number of benzene rings is 1. The maximum absolute atomic E-state index is 12.2. The molecule has 1 amide bonds. The molecule has 1 atom stereocenters. The second-order valence-corrected chi connectivity index (χ2v) is 6.29. The summed E-state index contributed by atoms with van der Waals surface area (Å²) in [6, 6.07) is 8.10. The fourth-order valence-corrected chi connectivity index (χ4v) is 2.19. The lowest BCUT2D eigenvalue weighted by molar-refractivity contribution is -0.122. The molecule has 2 N–H and O–H groups in total. The highest BCUT2D eigenvalue weighted by molar-refractivity contribution is 7.71. The minimum absolute atomic E-state index is 0.0629. The van der Waals surface area contributed by atoms with Gasteiger partial charge in [0, 0.05) is 11.6 Å². The first-order valence-electron chi connectivity index (χ1n) is 7.40. The number of amides is 1. The highest BCUT2D eigenvalue weighted by Crippen LogP contribution is 2.17. The average molecular weight is 318 g/mol. The van der Waals surface area contributed by atoms with E-state index in [0.29, 0.717) is 16.5 Å². The van der Waals surface area contributed by atoms with Crippen molar-refractivity contribution in [2.24, 2.45) is 5.92 Å². The van der Waals surface area contributed by atoms with Crippen molar-refractivity contribution >= 4 is 18.1 Å². The van der Waals surface area contributed by atoms with E-state index in [1.54, 1.807) is 4.57 Å². The summed E-state index contributed by atoms with van der Waals surface area (Å²) >= 11 is 5.25. The minimum Gasteiger partial charge on any atom is -0.352 e. The molecule has 0 saturated carbocycles. The zero-order valence-corrected chi connectivity index (χ0v) is 14.2. The second kappa shape index (κ2) is 6.87. The number of aromatic amines is 1. The normalized spacial score (nSPS) is 12.4. The van der Waals surface area contributed by atoms with Crippen molar-refractivity contribution < 1.29 is 4.79 Å². The van der Waals surface area contributed by atoms with Crippen LogP contribution >= 0.6 is 12.2 Å². The number of aromatic nitrogens is 3. The van der Waals surface area contributed by atoms with Crippen molar-refractivity contribution in [2.45, 2.75) is 40.3 Å². The molecule has 1 heterocycles. The monoisotopic (exact) mass is 318 g/mol. The van der Waals surface area contributed by atoms with Gasteiger partial charge in [0.2, 0.25) is 5.91 Å². The standard InChI is InChI=1S/C16H22N4OS/c1-10(2)12(4)17-14(21)9-20-15(18-19-16(20)22)13-7-5-11(3)6-8-13/h5-8,10,12H,9H2,1-4H3,(H,17,21)(H,19,22). The smallest absolute Gasteiger partial charge is 0.240 e. The van der Waals surface area contributed by atoms with Gasteiger partial charge in [0.15, 0.2) is 10.6 Å². The number of nitrogens with zero attached hydrogens (tertiary/aromatic N) is 2. The Morgan fingerprint density at radius 3 is 2.55 bits per heavy atom. The van der Waals surface area contributed by atoms with Gasteiger partial charge in [-0.05, 0) is 32.0 Å². The molecule has 0 aliphatic rings. The van der Waals surface area contributed by atoms with E-state index in [4.69, 9.17) is 12.2 Å². The van der Waals surface area contributed by atoms with Crippen molar-refractivity contribution in [3.63, 3.8) is 0 Å². The van der Waals surface area contributed by atoms with Crippen LogP contribution in [0.15, 0.2) is 24.3 Å². The number of carbonyl (C=O) groups is 1. The Balaban J connectivity index is 2.21. The van der Waals surface area contributed by atoms with E-state index in [1.807, 2.05) is 38.1 Å². The van der Waals surface area contributed by atoms with Gasteiger partial charge in [0.05, 0.1) is 0 Å². The first-order valence-corrected chi connectivity index (χ1v) is 7.81. The van der Waals surface area contributed by atoms with Gasteiger partial charge < -0.3 is 5.32 Å². The van der Waals surface area contributed by atoms with Crippen molar-refractivity contribution in [2.75, 3.05) is 0 Å². The summed E-state index contributed by atoms with van der Waals surface area (Å²) in [5, 5.41) is 10.0. The van der Waals surface area contributed by atoms with Crippen LogP contribution in [0.1, 0.15) is 26.3 Å². The molecule has 2 aromatic rings. The Labute approximate surface area is 135 Å². The van der Waals surface area contributed by atoms with E-state index >= 15 is 0 Å². The number of H-pyrrole nitrogens is 1. The molecule has 0 bridgehead atoms. The molecular formula is C16H22N4OS. The molecule has 0 radical (unpaired) electrons. The maximum Gasteiger partial charge on any atom is 0.240 e. The van der Waals surface area contributed by atoms with Gasteiger partial charge in [-0.2, -0.15) is 5.10 Å². The van der Waals surface area contributed by atoms with Crippen molar-refractivity contribution in [1.29, 1.82) is 0 Å². The highest BCUT2D eigenvalue weighted by atomic mass is 32.1. The van der Waals surface area contributed by atoms with Crippen LogP contribution in [0.2, 0.25) is 0 Å². The molecule has 0 fully saturated rings. The quantitative estimate of drug-likeness (QED) is 0.833. The Bertz CT molecular complexity index is 700. The summed E-state index contributed by atoms with van der Waals surface area (Å²) < 4.78 is 2.17.